The van der Waals surface area contributed by atoms with Crippen LogP contribution >= 0.6 is 0 Å². The van der Waals surface area contributed by atoms with E-state index in [1.807, 2.05) is 25.1 Å². The summed E-state index contributed by atoms with van der Waals surface area (Å²) in [6.45, 7) is 3.87. The number of amides is 2. The first-order chi connectivity index (χ1) is 9.90. The van der Waals surface area contributed by atoms with Crippen molar-refractivity contribution < 1.29 is 19.8 Å². The summed E-state index contributed by atoms with van der Waals surface area (Å²) < 4.78 is 0. The first-order valence-corrected chi connectivity index (χ1v) is 6.98. The molecule has 0 spiro atoms. The van der Waals surface area contributed by atoms with Crippen LogP contribution in [0.15, 0.2) is 18.2 Å². The first kappa shape index (κ1) is 15.3. The number of fused-ring (bicyclic) bond motifs is 1. The highest BCUT2D eigenvalue weighted by Gasteiger charge is 2.29. The van der Waals surface area contributed by atoms with E-state index in [0.717, 1.165) is 29.7 Å². The van der Waals surface area contributed by atoms with Gasteiger partial charge in [-0.25, -0.2) is 9.59 Å². The molecule has 1 aliphatic heterocycles. The highest BCUT2D eigenvalue weighted by molar-refractivity contribution is 5.95. The number of aliphatic hydroxyl groups excluding tert-OH is 1. The van der Waals surface area contributed by atoms with Crippen LogP contribution < -0.4 is 10.2 Å². The van der Waals surface area contributed by atoms with Gasteiger partial charge in [0.15, 0.2) is 6.04 Å². The monoisotopic (exact) mass is 292 g/mol. The third kappa shape index (κ3) is 3.33. The molecule has 0 aromatic heterocycles. The average molecular weight is 292 g/mol. The number of rotatable bonds is 3. The summed E-state index contributed by atoms with van der Waals surface area (Å²) in [6.07, 6.45) is 0.573. The van der Waals surface area contributed by atoms with E-state index < -0.39 is 24.1 Å². The largest absolute Gasteiger partial charge is 0.480 e. The third-order valence-electron chi connectivity index (χ3n) is 3.63. The summed E-state index contributed by atoms with van der Waals surface area (Å²) >= 11 is 0. The zero-order valence-corrected chi connectivity index (χ0v) is 12.2. The van der Waals surface area contributed by atoms with E-state index in [9.17, 15) is 14.7 Å². The molecule has 2 atom stereocenters. The standard InChI is InChI=1S/C15H20N2O4/c1-9-5-6-12-11(8-9)4-3-7-17(12)15(21)16-13(10(2)18)14(19)20/h5-6,8,10,13,18H,3-4,7H2,1-2H3,(H,16,21)(H,19,20). The number of aliphatic hydroxyl groups is 1. The summed E-state index contributed by atoms with van der Waals surface area (Å²) in [6, 6.07) is 4.04. The number of nitrogens with zero attached hydrogens (tertiary/aromatic N) is 1. The van der Waals surface area contributed by atoms with E-state index in [0.29, 0.717) is 6.54 Å². The van der Waals surface area contributed by atoms with Crippen LogP contribution in [0.25, 0.3) is 0 Å². The van der Waals surface area contributed by atoms with Crippen molar-refractivity contribution in [3.8, 4) is 0 Å². The van der Waals surface area contributed by atoms with Gasteiger partial charge >= 0.3 is 12.0 Å². The van der Waals surface area contributed by atoms with Gasteiger partial charge in [0.25, 0.3) is 0 Å². The molecule has 2 rings (SSSR count). The topological polar surface area (TPSA) is 89.9 Å². The molecule has 1 aliphatic rings. The molecule has 0 fully saturated rings. The second kappa shape index (κ2) is 6.13. The number of carbonyl (C=O) groups excluding carboxylic acids is 1. The van der Waals surface area contributed by atoms with Gasteiger partial charge in [-0.15, -0.1) is 0 Å². The lowest BCUT2D eigenvalue weighted by Crippen LogP contribution is -2.53. The van der Waals surface area contributed by atoms with Crippen LogP contribution in [0.5, 0.6) is 0 Å². The number of hydrogen-bond acceptors (Lipinski definition) is 3. The van der Waals surface area contributed by atoms with Gasteiger partial charge in [0.1, 0.15) is 0 Å². The predicted molar refractivity (Wildman–Crippen MR) is 78.5 cm³/mol. The maximum Gasteiger partial charge on any atom is 0.328 e. The van der Waals surface area contributed by atoms with E-state index >= 15 is 0 Å². The SMILES string of the molecule is Cc1ccc2c(c1)CCCN2C(=O)NC(C(=O)O)C(C)O. The Morgan fingerprint density at radius 1 is 1.38 bits per heavy atom. The Hall–Kier alpha value is -2.08. The summed E-state index contributed by atoms with van der Waals surface area (Å²) in [4.78, 5) is 24.9. The minimum atomic E-state index is -1.31. The minimum Gasteiger partial charge on any atom is -0.480 e. The van der Waals surface area contributed by atoms with Gasteiger partial charge in [-0.2, -0.15) is 0 Å². The lowest BCUT2D eigenvalue weighted by Gasteiger charge is -2.31. The Labute approximate surface area is 123 Å². The normalized spacial score (nSPS) is 16.8. The molecule has 1 aromatic rings. The Kier molecular flexibility index (Phi) is 4.47. The summed E-state index contributed by atoms with van der Waals surface area (Å²) in [7, 11) is 0. The van der Waals surface area contributed by atoms with Gasteiger partial charge in [-0.1, -0.05) is 17.7 Å². The summed E-state index contributed by atoms with van der Waals surface area (Å²) in [5.74, 6) is -1.25. The maximum absolute atomic E-state index is 12.3. The Morgan fingerprint density at radius 2 is 2.10 bits per heavy atom. The van der Waals surface area contributed by atoms with Crippen molar-refractivity contribution in [3.63, 3.8) is 0 Å². The molecule has 114 valence electrons. The van der Waals surface area contributed by atoms with Crippen LogP contribution in [-0.2, 0) is 11.2 Å². The molecule has 1 aromatic carbocycles. The number of carboxylic acids is 1. The van der Waals surface area contributed by atoms with E-state index in [-0.39, 0.29) is 0 Å². The number of carboxylic acid groups (broad SMARTS) is 1. The molecule has 1 heterocycles. The highest BCUT2D eigenvalue weighted by Crippen LogP contribution is 2.28. The molecule has 2 amide bonds. The van der Waals surface area contributed by atoms with Gasteiger partial charge in [0, 0.05) is 12.2 Å². The fourth-order valence-electron chi connectivity index (χ4n) is 2.54. The smallest absolute Gasteiger partial charge is 0.328 e. The van der Waals surface area contributed by atoms with Crippen LogP contribution in [0.3, 0.4) is 0 Å². The molecule has 0 saturated heterocycles. The first-order valence-electron chi connectivity index (χ1n) is 6.98. The van der Waals surface area contributed by atoms with E-state index in [2.05, 4.69) is 5.32 Å². The van der Waals surface area contributed by atoms with Crippen molar-refractivity contribution in [3.05, 3.63) is 29.3 Å². The fraction of sp³-hybridized carbons (Fsp3) is 0.467. The number of aryl methyl sites for hydroxylation is 2. The van der Waals surface area contributed by atoms with Crippen LogP contribution in [0.4, 0.5) is 10.5 Å². The van der Waals surface area contributed by atoms with Crippen molar-refractivity contribution in [2.24, 2.45) is 0 Å². The minimum absolute atomic E-state index is 0.492. The van der Waals surface area contributed by atoms with Gasteiger partial charge < -0.3 is 15.5 Å². The zero-order valence-electron chi connectivity index (χ0n) is 12.2. The molecular formula is C15H20N2O4. The fourth-order valence-corrected chi connectivity index (χ4v) is 2.54. The highest BCUT2D eigenvalue weighted by atomic mass is 16.4. The van der Waals surface area contributed by atoms with Gasteiger partial charge in [0.2, 0.25) is 0 Å². The molecule has 0 bridgehead atoms. The van der Waals surface area contributed by atoms with Gasteiger partial charge in [0.05, 0.1) is 6.10 Å². The number of benzene rings is 1. The Morgan fingerprint density at radius 3 is 2.71 bits per heavy atom. The van der Waals surface area contributed by atoms with Crippen LogP contribution in [0.1, 0.15) is 24.5 Å². The molecule has 6 heteroatoms. The van der Waals surface area contributed by atoms with Crippen molar-refractivity contribution in [1.29, 1.82) is 0 Å². The zero-order chi connectivity index (χ0) is 15.6. The molecule has 21 heavy (non-hydrogen) atoms. The molecule has 0 saturated carbocycles. The lowest BCUT2D eigenvalue weighted by atomic mass is 10.00. The molecule has 6 nitrogen and oxygen atoms in total. The quantitative estimate of drug-likeness (QED) is 0.783. The van der Waals surface area contributed by atoms with E-state index in [1.54, 1.807) is 0 Å². The van der Waals surface area contributed by atoms with E-state index in [4.69, 9.17) is 5.11 Å². The number of hydrogen-bond donors (Lipinski definition) is 3. The predicted octanol–water partition coefficient (Wildman–Crippen LogP) is 1.29. The molecule has 3 N–H and O–H groups in total. The lowest BCUT2D eigenvalue weighted by molar-refractivity contribution is -0.141. The molecule has 0 radical (unpaired) electrons. The number of carbonyl (C=O) groups is 2. The second-order valence-corrected chi connectivity index (χ2v) is 5.39. The summed E-state index contributed by atoms with van der Waals surface area (Å²) in [5.41, 5.74) is 3.02. The van der Waals surface area contributed by atoms with Gasteiger partial charge in [-0.05, 0) is 38.3 Å². The average Bonchev–Trinajstić information content (AvgIpc) is 2.42. The second-order valence-electron chi connectivity index (χ2n) is 5.39. The van der Waals surface area contributed by atoms with Crippen molar-refractivity contribution in [2.45, 2.75) is 38.8 Å². The number of anilines is 1. The number of urea groups is 1. The summed E-state index contributed by atoms with van der Waals surface area (Å²) in [5, 5.41) is 20.9. The Balaban J connectivity index is 2.20. The van der Waals surface area contributed by atoms with Crippen molar-refractivity contribution in [1.82, 2.24) is 5.32 Å². The molecule has 0 aliphatic carbocycles. The Bertz CT molecular complexity index is 557. The molecule has 2 unspecified atom stereocenters. The van der Waals surface area contributed by atoms with Crippen molar-refractivity contribution in [2.75, 3.05) is 11.4 Å². The van der Waals surface area contributed by atoms with E-state index in [1.165, 1.54) is 11.8 Å². The van der Waals surface area contributed by atoms with Crippen LogP contribution in [0, 0.1) is 6.92 Å². The van der Waals surface area contributed by atoms with Crippen LogP contribution in [0.2, 0.25) is 0 Å². The molecular weight excluding hydrogens is 272 g/mol. The maximum atomic E-state index is 12.3. The third-order valence-corrected chi connectivity index (χ3v) is 3.63. The van der Waals surface area contributed by atoms with Crippen LogP contribution in [-0.4, -0.2) is 40.9 Å². The number of nitrogens with one attached hydrogen (secondary N) is 1. The number of aliphatic carboxylic acids is 1. The van der Waals surface area contributed by atoms with Crippen molar-refractivity contribution >= 4 is 17.7 Å². The van der Waals surface area contributed by atoms with Gasteiger partial charge in [-0.3, -0.25) is 4.90 Å².